The molecule has 1 aliphatic carbocycles. The fourth-order valence-electron chi connectivity index (χ4n) is 5.30. The molecule has 1 atom stereocenters. The number of hydrogen-bond acceptors (Lipinski definition) is 0. The van der Waals surface area contributed by atoms with E-state index in [4.69, 9.17) is 0 Å². The van der Waals surface area contributed by atoms with Gasteiger partial charge in [0.25, 0.3) is 0 Å². The summed E-state index contributed by atoms with van der Waals surface area (Å²) in [5.41, 5.74) is 3.59. The zero-order chi connectivity index (χ0) is 21.5. The Morgan fingerprint density at radius 1 is 0.833 bits per heavy atom. The van der Waals surface area contributed by atoms with Gasteiger partial charge < -0.3 is 0 Å². The van der Waals surface area contributed by atoms with E-state index in [0.29, 0.717) is 10.6 Å². The molecule has 2 aromatic carbocycles. The van der Waals surface area contributed by atoms with Crippen LogP contribution in [0.2, 0.25) is 0 Å². The lowest BCUT2D eigenvalue weighted by atomic mass is 9.67. The number of rotatable bonds is 10. The summed E-state index contributed by atoms with van der Waals surface area (Å²) in [6.07, 6.45) is 13.9. The highest BCUT2D eigenvalue weighted by Crippen LogP contribution is 2.57. The van der Waals surface area contributed by atoms with Gasteiger partial charge in [-0.1, -0.05) is 122 Å². The second-order valence-electron chi connectivity index (χ2n) is 10.8. The maximum absolute atomic E-state index is 2.55. The highest BCUT2D eigenvalue weighted by molar-refractivity contribution is 7.57. The largest absolute Gasteiger partial charge is 0.0919 e. The lowest BCUT2D eigenvalue weighted by Crippen LogP contribution is -2.27. The maximum Gasteiger partial charge on any atom is -0.00653 e. The van der Waals surface area contributed by atoms with Crippen molar-refractivity contribution in [3.05, 3.63) is 71.8 Å². The van der Waals surface area contributed by atoms with E-state index in [9.17, 15) is 0 Å². The number of hydrogen-bond donors (Lipinski definition) is 0. The zero-order valence-corrected chi connectivity index (χ0v) is 20.8. The predicted molar refractivity (Wildman–Crippen MR) is 135 cm³/mol. The fourth-order valence-corrected chi connectivity index (χ4v) is 8.04. The van der Waals surface area contributed by atoms with Crippen molar-refractivity contribution in [3.8, 4) is 0 Å². The average Bonchev–Trinajstić information content (AvgIpc) is 2.73. The van der Waals surface area contributed by atoms with E-state index in [0.717, 1.165) is 5.92 Å². The Balaban J connectivity index is 1.59. The standard InChI is InChI=1S/C29H43P/c1-28(2)21-13-11-19-27(28)20-12-14-22-29(3,4)30(23-25-15-7-5-8-16-25)24-26-17-9-6-10-18-26/h5-10,15-18,27H,11-14,19-24H2,1-4H3. The molecular formula is C29H43P. The number of unbranched alkanes of at least 4 members (excludes halogenated alkanes) is 1. The molecule has 0 aromatic heterocycles. The van der Waals surface area contributed by atoms with Crippen LogP contribution in [0.15, 0.2) is 60.7 Å². The lowest BCUT2D eigenvalue weighted by molar-refractivity contribution is 0.126. The molecule has 0 aliphatic heterocycles. The van der Waals surface area contributed by atoms with Crippen molar-refractivity contribution < 1.29 is 0 Å². The maximum atomic E-state index is 2.55. The molecule has 164 valence electrons. The van der Waals surface area contributed by atoms with Crippen LogP contribution in [0.5, 0.6) is 0 Å². The zero-order valence-electron chi connectivity index (χ0n) is 19.9. The summed E-state index contributed by atoms with van der Waals surface area (Å²) in [7, 11) is -0.107. The fraction of sp³-hybridized carbons (Fsp3) is 0.586. The van der Waals surface area contributed by atoms with Crippen molar-refractivity contribution >= 4 is 7.92 Å². The summed E-state index contributed by atoms with van der Waals surface area (Å²) in [5, 5.41) is 0.420. The van der Waals surface area contributed by atoms with Crippen LogP contribution < -0.4 is 0 Å². The molecule has 0 N–H and O–H groups in total. The monoisotopic (exact) mass is 422 g/mol. The molecule has 0 spiro atoms. The van der Waals surface area contributed by atoms with Crippen LogP contribution >= 0.6 is 7.92 Å². The van der Waals surface area contributed by atoms with Crippen LogP contribution in [0.1, 0.15) is 90.2 Å². The lowest BCUT2D eigenvalue weighted by Gasteiger charge is -2.39. The van der Waals surface area contributed by atoms with Crippen molar-refractivity contribution in [2.24, 2.45) is 11.3 Å². The summed E-state index contributed by atoms with van der Waals surface area (Å²) in [5.74, 6) is 0.949. The van der Waals surface area contributed by atoms with Crippen LogP contribution in [0.3, 0.4) is 0 Å². The third-order valence-corrected chi connectivity index (χ3v) is 11.0. The first-order chi connectivity index (χ1) is 14.4. The summed E-state index contributed by atoms with van der Waals surface area (Å²) in [6, 6.07) is 22.4. The van der Waals surface area contributed by atoms with Gasteiger partial charge in [0.05, 0.1) is 0 Å². The molecule has 3 rings (SSSR count). The van der Waals surface area contributed by atoms with Crippen molar-refractivity contribution in [1.29, 1.82) is 0 Å². The van der Waals surface area contributed by atoms with E-state index < -0.39 is 0 Å². The van der Waals surface area contributed by atoms with E-state index >= 15 is 0 Å². The molecule has 0 radical (unpaired) electrons. The normalized spacial score (nSPS) is 19.2. The minimum atomic E-state index is -0.107. The SMILES string of the molecule is CC1(C)CCCCC1CCCCC(C)(C)P(Cc1ccccc1)Cc1ccccc1. The Morgan fingerprint density at radius 3 is 1.93 bits per heavy atom. The van der Waals surface area contributed by atoms with Gasteiger partial charge >= 0.3 is 0 Å². The van der Waals surface area contributed by atoms with Crippen LogP contribution in [-0.2, 0) is 12.3 Å². The topological polar surface area (TPSA) is 0 Å². The van der Waals surface area contributed by atoms with E-state index in [1.807, 2.05) is 0 Å². The van der Waals surface area contributed by atoms with Gasteiger partial charge in [0, 0.05) is 0 Å². The summed E-state index contributed by atoms with van der Waals surface area (Å²) in [4.78, 5) is 0. The molecule has 1 fully saturated rings. The second kappa shape index (κ2) is 10.9. The van der Waals surface area contributed by atoms with Gasteiger partial charge in [-0.15, -0.1) is 0 Å². The Hall–Kier alpha value is -1.13. The van der Waals surface area contributed by atoms with Crippen LogP contribution in [-0.4, -0.2) is 5.16 Å². The van der Waals surface area contributed by atoms with Crippen molar-refractivity contribution in [2.75, 3.05) is 0 Å². The molecule has 0 nitrogen and oxygen atoms in total. The van der Waals surface area contributed by atoms with Crippen molar-refractivity contribution in [3.63, 3.8) is 0 Å². The van der Waals surface area contributed by atoms with Gasteiger partial charge in [-0.2, -0.15) is 0 Å². The van der Waals surface area contributed by atoms with E-state index in [2.05, 4.69) is 88.4 Å². The van der Waals surface area contributed by atoms with Gasteiger partial charge in [-0.3, -0.25) is 0 Å². The highest BCUT2D eigenvalue weighted by atomic mass is 31.1. The first-order valence-corrected chi connectivity index (χ1v) is 13.9. The van der Waals surface area contributed by atoms with Crippen molar-refractivity contribution in [2.45, 2.75) is 96.5 Å². The molecular weight excluding hydrogens is 379 g/mol. The van der Waals surface area contributed by atoms with Crippen LogP contribution in [0.25, 0.3) is 0 Å². The Morgan fingerprint density at radius 2 is 1.40 bits per heavy atom. The van der Waals surface area contributed by atoms with Gasteiger partial charge in [-0.25, -0.2) is 0 Å². The molecule has 0 amide bonds. The number of benzene rings is 2. The Kier molecular flexibility index (Phi) is 8.59. The molecule has 0 bridgehead atoms. The minimum Gasteiger partial charge on any atom is -0.0919 e. The molecule has 2 aromatic rings. The van der Waals surface area contributed by atoms with Gasteiger partial charge in [0.1, 0.15) is 0 Å². The quantitative estimate of drug-likeness (QED) is 0.264. The Bertz CT molecular complexity index is 690. The second-order valence-corrected chi connectivity index (χ2v) is 13.7. The highest BCUT2D eigenvalue weighted by Gasteiger charge is 2.32. The van der Waals surface area contributed by atoms with Crippen LogP contribution in [0, 0.1) is 11.3 Å². The Labute approximate surface area is 187 Å². The molecule has 0 saturated heterocycles. The molecule has 1 unspecified atom stereocenters. The molecule has 0 heterocycles. The van der Waals surface area contributed by atoms with Crippen molar-refractivity contribution in [1.82, 2.24) is 0 Å². The first-order valence-electron chi connectivity index (χ1n) is 12.2. The summed E-state index contributed by atoms with van der Waals surface area (Å²) >= 11 is 0. The third-order valence-electron chi connectivity index (χ3n) is 7.61. The third kappa shape index (κ3) is 6.95. The van der Waals surface area contributed by atoms with E-state index in [1.165, 1.54) is 74.8 Å². The van der Waals surface area contributed by atoms with Gasteiger partial charge in [0.2, 0.25) is 0 Å². The average molecular weight is 423 g/mol. The molecule has 30 heavy (non-hydrogen) atoms. The molecule has 1 heteroatoms. The molecule has 1 saturated carbocycles. The minimum absolute atomic E-state index is 0.107. The van der Waals surface area contributed by atoms with Crippen LogP contribution in [0.4, 0.5) is 0 Å². The van der Waals surface area contributed by atoms with E-state index in [-0.39, 0.29) is 7.92 Å². The predicted octanol–water partition coefficient (Wildman–Crippen LogP) is 9.42. The van der Waals surface area contributed by atoms with E-state index in [1.54, 1.807) is 0 Å². The van der Waals surface area contributed by atoms with Gasteiger partial charge in [-0.05, 0) is 65.6 Å². The smallest absolute Gasteiger partial charge is 0.00653 e. The van der Waals surface area contributed by atoms with Gasteiger partial charge in [0.15, 0.2) is 0 Å². The molecule has 1 aliphatic rings. The first kappa shape index (κ1) is 23.5. The summed E-state index contributed by atoms with van der Waals surface area (Å²) in [6.45, 7) is 10.1. The summed E-state index contributed by atoms with van der Waals surface area (Å²) < 4.78 is 0.